The number of benzene rings is 1. The van der Waals surface area contributed by atoms with Crippen LogP contribution in [0.3, 0.4) is 0 Å². The third kappa shape index (κ3) is 5.06. The fraction of sp³-hybridized carbons (Fsp3) is 0.538. The average molecular weight is 301 g/mol. The summed E-state index contributed by atoms with van der Waals surface area (Å²) in [5, 5.41) is 1.94. The summed E-state index contributed by atoms with van der Waals surface area (Å²) in [4.78, 5) is 5.40. The van der Waals surface area contributed by atoms with Crippen molar-refractivity contribution in [3.63, 3.8) is 0 Å². The molecular formula is C13H21BrN2O. The Hall–Kier alpha value is -0.580. The number of anilines is 1. The molecule has 0 bridgehead atoms. The molecule has 0 unspecified atom stereocenters. The maximum atomic E-state index is 5.79. The van der Waals surface area contributed by atoms with E-state index in [1.807, 2.05) is 23.3 Å². The van der Waals surface area contributed by atoms with Crippen molar-refractivity contribution in [3.8, 4) is 0 Å². The van der Waals surface area contributed by atoms with Gasteiger partial charge in [0.05, 0.1) is 13.7 Å². The van der Waals surface area contributed by atoms with Gasteiger partial charge in [-0.2, -0.15) is 5.06 Å². The summed E-state index contributed by atoms with van der Waals surface area (Å²) in [7, 11) is 1.70. The quantitative estimate of drug-likeness (QED) is 0.684. The third-order valence-electron chi connectivity index (χ3n) is 2.33. The van der Waals surface area contributed by atoms with Crippen molar-refractivity contribution in [1.29, 1.82) is 0 Å². The normalized spacial score (nSPS) is 12.1. The predicted molar refractivity (Wildman–Crippen MR) is 75.4 cm³/mol. The van der Waals surface area contributed by atoms with Crippen LogP contribution in [-0.2, 0) is 11.4 Å². The Morgan fingerprint density at radius 1 is 1.35 bits per heavy atom. The molecule has 0 heterocycles. The van der Waals surface area contributed by atoms with Gasteiger partial charge >= 0.3 is 0 Å². The second-order valence-electron chi connectivity index (χ2n) is 5.39. The van der Waals surface area contributed by atoms with Gasteiger partial charge in [-0.05, 0) is 29.2 Å². The standard InChI is InChI=1S/C13H21BrN2O/c1-13(2,3)9-16(17-4)8-10-7-11(15)5-6-12(10)14/h5-7H,8-9,15H2,1-4H3. The second kappa shape index (κ2) is 5.85. The molecule has 0 aromatic heterocycles. The molecule has 96 valence electrons. The lowest BCUT2D eigenvalue weighted by Crippen LogP contribution is -2.31. The molecule has 1 rings (SSSR count). The largest absolute Gasteiger partial charge is 0.399 e. The molecule has 0 aliphatic heterocycles. The molecule has 17 heavy (non-hydrogen) atoms. The van der Waals surface area contributed by atoms with Crippen LogP contribution in [-0.4, -0.2) is 18.7 Å². The second-order valence-corrected chi connectivity index (χ2v) is 6.25. The van der Waals surface area contributed by atoms with E-state index in [1.54, 1.807) is 7.11 Å². The lowest BCUT2D eigenvalue weighted by atomic mass is 9.96. The highest BCUT2D eigenvalue weighted by atomic mass is 79.9. The van der Waals surface area contributed by atoms with Crippen molar-refractivity contribution in [2.75, 3.05) is 19.4 Å². The maximum Gasteiger partial charge on any atom is 0.0575 e. The number of nitrogens with zero attached hydrogens (tertiary/aromatic N) is 1. The van der Waals surface area contributed by atoms with Crippen LogP contribution in [0.15, 0.2) is 22.7 Å². The zero-order valence-corrected chi connectivity index (χ0v) is 12.5. The molecular weight excluding hydrogens is 280 g/mol. The summed E-state index contributed by atoms with van der Waals surface area (Å²) in [6, 6.07) is 5.82. The first kappa shape index (κ1) is 14.5. The van der Waals surface area contributed by atoms with Gasteiger partial charge in [0.2, 0.25) is 0 Å². The highest BCUT2D eigenvalue weighted by Crippen LogP contribution is 2.23. The monoisotopic (exact) mass is 300 g/mol. The van der Waals surface area contributed by atoms with E-state index in [0.717, 1.165) is 28.8 Å². The fourth-order valence-electron chi connectivity index (χ4n) is 1.62. The van der Waals surface area contributed by atoms with Gasteiger partial charge in [0.1, 0.15) is 0 Å². The first-order valence-electron chi connectivity index (χ1n) is 5.65. The number of rotatable bonds is 4. The minimum atomic E-state index is 0.197. The summed E-state index contributed by atoms with van der Waals surface area (Å²) in [6.07, 6.45) is 0. The molecule has 0 saturated carbocycles. The molecule has 3 nitrogen and oxygen atoms in total. The van der Waals surface area contributed by atoms with Crippen molar-refractivity contribution >= 4 is 21.6 Å². The summed E-state index contributed by atoms with van der Waals surface area (Å²) >= 11 is 3.53. The van der Waals surface area contributed by atoms with E-state index in [9.17, 15) is 0 Å². The van der Waals surface area contributed by atoms with Crippen LogP contribution in [0.25, 0.3) is 0 Å². The Kier molecular flexibility index (Phi) is 4.98. The van der Waals surface area contributed by atoms with Crippen molar-refractivity contribution < 1.29 is 4.84 Å². The van der Waals surface area contributed by atoms with Gasteiger partial charge in [-0.3, -0.25) is 0 Å². The van der Waals surface area contributed by atoms with Crippen molar-refractivity contribution in [2.45, 2.75) is 27.3 Å². The number of halogens is 1. The lowest BCUT2D eigenvalue weighted by molar-refractivity contribution is -0.154. The van der Waals surface area contributed by atoms with Crippen LogP contribution in [0.4, 0.5) is 5.69 Å². The highest BCUT2D eigenvalue weighted by molar-refractivity contribution is 9.10. The number of nitrogens with two attached hydrogens (primary N) is 1. The molecule has 0 aliphatic carbocycles. The first-order chi connectivity index (χ1) is 7.81. The van der Waals surface area contributed by atoms with E-state index < -0.39 is 0 Å². The Morgan fingerprint density at radius 3 is 2.53 bits per heavy atom. The van der Waals surface area contributed by atoms with Crippen LogP contribution in [0, 0.1) is 5.41 Å². The topological polar surface area (TPSA) is 38.5 Å². The number of hydroxylamine groups is 2. The van der Waals surface area contributed by atoms with E-state index in [0.29, 0.717) is 0 Å². The van der Waals surface area contributed by atoms with Gasteiger partial charge in [0.15, 0.2) is 0 Å². The van der Waals surface area contributed by atoms with Gasteiger partial charge in [-0.1, -0.05) is 36.7 Å². The van der Waals surface area contributed by atoms with Crippen molar-refractivity contribution in [2.24, 2.45) is 5.41 Å². The van der Waals surface area contributed by atoms with Gasteiger partial charge in [0, 0.05) is 16.7 Å². The summed E-state index contributed by atoms with van der Waals surface area (Å²) in [6.45, 7) is 8.15. The van der Waals surface area contributed by atoms with Gasteiger partial charge < -0.3 is 10.6 Å². The number of hydrogen-bond donors (Lipinski definition) is 1. The molecule has 0 aliphatic rings. The van der Waals surface area contributed by atoms with Gasteiger partial charge in [0.25, 0.3) is 0 Å². The van der Waals surface area contributed by atoms with Crippen LogP contribution >= 0.6 is 15.9 Å². The molecule has 1 aromatic carbocycles. The molecule has 1 aromatic rings. The Balaban J connectivity index is 2.77. The highest BCUT2D eigenvalue weighted by Gasteiger charge is 2.17. The van der Waals surface area contributed by atoms with Crippen LogP contribution < -0.4 is 5.73 Å². The minimum absolute atomic E-state index is 0.197. The maximum absolute atomic E-state index is 5.79. The van der Waals surface area contributed by atoms with Crippen LogP contribution in [0.1, 0.15) is 26.3 Å². The van der Waals surface area contributed by atoms with Crippen molar-refractivity contribution in [1.82, 2.24) is 5.06 Å². The summed E-state index contributed by atoms with van der Waals surface area (Å²) in [5.74, 6) is 0. The van der Waals surface area contributed by atoms with E-state index in [4.69, 9.17) is 10.6 Å². The zero-order valence-electron chi connectivity index (χ0n) is 11.0. The van der Waals surface area contributed by atoms with E-state index >= 15 is 0 Å². The average Bonchev–Trinajstić information content (AvgIpc) is 2.20. The first-order valence-corrected chi connectivity index (χ1v) is 6.44. The summed E-state index contributed by atoms with van der Waals surface area (Å²) in [5.41, 5.74) is 7.90. The van der Waals surface area contributed by atoms with Crippen LogP contribution in [0.5, 0.6) is 0 Å². The van der Waals surface area contributed by atoms with Gasteiger partial charge in [-0.15, -0.1) is 0 Å². The van der Waals surface area contributed by atoms with Gasteiger partial charge in [-0.25, -0.2) is 0 Å². The fourth-order valence-corrected chi connectivity index (χ4v) is 1.99. The molecule has 2 N–H and O–H groups in total. The van der Waals surface area contributed by atoms with E-state index in [1.165, 1.54) is 0 Å². The third-order valence-corrected chi connectivity index (χ3v) is 3.10. The molecule has 0 fully saturated rings. The Bertz CT molecular complexity index is 374. The molecule has 0 radical (unpaired) electrons. The lowest BCUT2D eigenvalue weighted by Gasteiger charge is -2.28. The predicted octanol–water partition coefficient (Wildman–Crippen LogP) is 3.44. The summed E-state index contributed by atoms with van der Waals surface area (Å²) < 4.78 is 1.06. The SMILES string of the molecule is CON(Cc1cc(N)ccc1Br)CC(C)(C)C. The number of hydrogen-bond acceptors (Lipinski definition) is 3. The molecule has 0 amide bonds. The van der Waals surface area contributed by atoms with Crippen molar-refractivity contribution in [3.05, 3.63) is 28.2 Å². The minimum Gasteiger partial charge on any atom is -0.399 e. The molecule has 4 heteroatoms. The molecule has 0 atom stereocenters. The Morgan fingerprint density at radius 2 is 2.00 bits per heavy atom. The zero-order chi connectivity index (χ0) is 13.1. The smallest absolute Gasteiger partial charge is 0.0575 e. The van der Waals surface area contributed by atoms with E-state index in [-0.39, 0.29) is 5.41 Å². The number of nitrogen functional groups attached to an aromatic ring is 1. The molecule has 0 saturated heterocycles. The molecule has 0 spiro atoms. The van der Waals surface area contributed by atoms with E-state index in [2.05, 4.69) is 36.7 Å². The Labute approximate surface area is 112 Å². The van der Waals surface area contributed by atoms with Crippen LogP contribution in [0.2, 0.25) is 0 Å².